The van der Waals surface area contributed by atoms with Gasteiger partial charge in [-0.1, -0.05) is 30.3 Å². The van der Waals surface area contributed by atoms with Crippen LogP contribution in [0.15, 0.2) is 52.9 Å². The van der Waals surface area contributed by atoms with E-state index in [9.17, 15) is 18.5 Å². The Morgan fingerprint density at radius 1 is 1.06 bits per heavy atom. The molecule has 0 spiro atoms. The fourth-order valence-electron chi connectivity index (χ4n) is 7.18. The number of benzene rings is 3. The van der Waals surface area contributed by atoms with E-state index in [0.29, 0.717) is 54.7 Å². The van der Waals surface area contributed by atoms with Crippen molar-refractivity contribution in [3.05, 3.63) is 81.4 Å². The van der Waals surface area contributed by atoms with Crippen molar-refractivity contribution in [2.45, 2.75) is 59.7 Å². The van der Waals surface area contributed by atoms with Crippen molar-refractivity contribution in [2.75, 3.05) is 25.9 Å². The van der Waals surface area contributed by atoms with E-state index in [1.54, 1.807) is 17.4 Å². The Morgan fingerprint density at radius 2 is 1.76 bits per heavy atom. The summed E-state index contributed by atoms with van der Waals surface area (Å²) in [5, 5.41) is 11.1. The van der Waals surface area contributed by atoms with Crippen molar-refractivity contribution < 1.29 is 17.6 Å². The van der Waals surface area contributed by atoms with E-state index in [4.69, 9.17) is 14.4 Å². The fourth-order valence-corrected chi connectivity index (χ4v) is 8.93. The zero-order valence-corrected chi connectivity index (χ0v) is 30.5. The highest BCUT2D eigenvalue weighted by Gasteiger charge is 2.30. The number of carbonyl (C=O) groups is 1. The first-order valence-electron chi connectivity index (χ1n) is 16.9. The lowest BCUT2D eigenvalue weighted by atomic mass is 9.91. The van der Waals surface area contributed by atoms with Gasteiger partial charge in [0.25, 0.3) is 0 Å². The molecule has 10 nitrogen and oxygen atoms in total. The third kappa shape index (κ3) is 6.71. The first kappa shape index (κ1) is 34.1. The molecule has 12 heteroatoms. The van der Waals surface area contributed by atoms with Gasteiger partial charge in [-0.15, -0.1) is 11.3 Å². The molecule has 4 heterocycles. The lowest BCUT2D eigenvalue weighted by molar-refractivity contribution is -0.122. The van der Waals surface area contributed by atoms with Gasteiger partial charge in [0.05, 0.1) is 23.4 Å². The maximum absolute atomic E-state index is 12.4. The van der Waals surface area contributed by atoms with Crippen molar-refractivity contribution in [1.29, 1.82) is 5.26 Å². The lowest BCUT2D eigenvalue weighted by Crippen LogP contribution is -2.36. The summed E-state index contributed by atoms with van der Waals surface area (Å²) in [6.45, 7) is 12.3. The summed E-state index contributed by atoms with van der Waals surface area (Å²) in [6, 6.07) is 19.1. The predicted molar refractivity (Wildman–Crippen MR) is 196 cm³/mol. The SMILES string of the molecule is Cc1c(-c2nc3cc(CN4CCC(C(=O)NS(C)(=O)=O)C4)cc(C#N)c3o2)cccc1-c1cccc(-c2nc3c(s2)CN(C(C)C)CC3)c1C. The standard InChI is InChI=1S/C38H40N6O4S2/c1-22(2)44-15-13-32-34(21-44)49-38(41-32)31-11-7-9-29(24(31)4)28-8-6-10-30(23(28)3)37-40-33-17-25(16-27(18-39)35(33)48-37)19-43-14-12-26(20-43)36(45)42-50(5,46)47/h6-11,16-17,22,26H,12-15,19-21H2,1-5H3,(H,42,45). The van der Waals surface area contributed by atoms with E-state index >= 15 is 0 Å². The minimum Gasteiger partial charge on any atom is -0.435 e. The minimum atomic E-state index is -3.61. The summed E-state index contributed by atoms with van der Waals surface area (Å²) >= 11 is 1.80. The van der Waals surface area contributed by atoms with Gasteiger partial charge in [0.2, 0.25) is 21.8 Å². The van der Waals surface area contributed by atoms with Crippen LogP contribution in [0.2, 0.25) is 0 Å². The Labute approximate surface area is 296 Å². The molecule has 2 aromatic heterocycles. The number of sulfonamides is 1. The highest BCUT2D eigenvalue weighted by molar-refractivity contribution is 7.89. The number of hydrogen-bond acceptors (Lipinski definition) is 10. The largest absolute Gasteiger partial charge is 0.435 e. The van der Waals surface area contributed by atoms with Crippen LogP contribution in [0, 0.1) is 31.1 Å². The van der Waals surface area contributed by atoms with E-state index in [1.807, 2.05) is 18.2 Å². The molecule has 2 aliphatic heterocycles. The van der Waals surface area contributed by atoms with Crippen molar-refractivity contribution in [2.24, 2.45) is 5.92 Å². The lowest BCUT2D eigenvalue weighted by Gasteiger charge is -2.29. The molecule has 50 heavy (non-hydrogen) atoms. The second-order valence-corrected chi connectivity index (χ2v) is 16.6. The van der Waals surface area contributed by atoms with E-state index in [2.05, 4.69) is 72.6 Å². The van der Waals surface area contributed by atoms with Gasteiger partial charge in [-0.3, -0.25) is 19.3 Å². The van der Waals surface area contributed by atoms with Crippen LogP contribution < -0.4 is 4.72 Å². The third-order valence-electron chi connectivity index (χ3n) is 9.92. The van der Waals surface area contributed by atoms with Crippen LogP contribution in [0.3, 0.4) is 0 Å². The summed E-state index contributed by atoms with van der Waals surface area (Å²) < 4.78 is 31.4. The van der Waals surface area contributed by atoms with Crippen LogP contribution >= 0.6 is 11.3 Å². The van der Waals surface area contributed by atoms with Gasteiger partial charge in [0.15, 0.2) is 5.58 Å². The average molecular weight is 709 g/mol. The Bertz CT molecular complexity index is 2280. The molecule has 0 aliphatic carbocycles. The molecule has 0 radical (unpaired) electrons. The number of thiazole rings is 1. The van der Waals surface area contributed by atoms with Crippen LogP contribution in [0.25, 0.3) is 44.3 Å². The molecule has 1 atom stereocenters. The molecule has 7 rings (SSSR count). The Kier molecular flexibility index (Phi) is 9.11. The van der Waals surface area contributed by atoms with Crippen LogP contribution in [-0.4, -0.2) is 66.0 Å². The van der Waals surface area contributed by atoms with Gasteiger partial charge in [-0.25, -0.2) is 18.4 Å². The summed E-state index contributed by atoms with van der Waals surface area (Å²) in [6.07, 6.45) is 2.52. The molecule has 3 aromatic carbocycles. The van der Waals surface area contributed by atoms with Gasteiger partial charge in [-0.05, 0) is 86.7 Å². The van der Waals surface area contributed by atoms with Crippen LogP contribution in [0.5, 0.6) is 0 Å². The number of fused-ring (bicyclic) bond motifs is 2. The van der Waals surface area contributed by atoms with Crippen molar-refractivity contribution in [1.82, 2.24) is 24.5 Å². The molecule has 0 saturated carbocycles. The molecule has 1 N–H and O–H groups in total. The normalized spacial score (nSPS) is 16.9. The summed E-state index contributed by atoms with van der Waals surface area (Å²) in [4.78, 5) is 28.3. The topological polar surface area (TPSA) is 132 Å². The second kappa shape index (κ2) is 13.4. The number of nitriles is 1. The number of rotatable bonds is 8. The molecule has 258 valence electrons. The molecule has 5 aromatic rings. The Balaban J connectivity index is 1.16. The number of aromatic nitrogens is 2. The fraction of sp³-hybridized carbons (Fsp3) is 0.368. The highest BCUT2D eigenvalue weighted by atomic mass is 32.2. The molecule has 1 fully saturated rings. The van der Waals surface area contributed by atoms with Gasteiger partial charge >= 0.3 is 0 Å². The maximum atomic E-state index is 12.4. The first-order chi connectivity index (χ1) is 23.9. The smallest absolute Gasteiger partial charge is 0.237 e. The van der Waals surface area contributed by atoms with E-state index in [1.165, 1.54) is 16.1 Å². The quantitative estimate of drug-likeness (QED) is 0.194. The number of hydrogen-bond donors (Lipinski definition) is 1. The molecule has 1 amide bonds. The van der Waals surface area contributed by atoms with E-state index in [0.717, 1.165) is 64.2 Å². The van der Waals surface area contributed by atoms with Crippen LogP contribution in [0.4, 0.5) is 0 Å². The number of nitrogens with zero attached hydrogens (tertiary/aromatic N) is 5. The van der Waals surface area contributed by atoms with E-state index in [-0.39, 0.29) is 0 Å². The highest BCUT2D eigenvalue weighted by Crippen LogP contribution is 2.40. The van der Waals surface area contributed by atoms with Crippen LogP contribution in [0.1, 0.15) is 53.1 Å². The summed E-state index contributed by atoms with van der Waals surface area (Å²) in [7, 11) is -3.61. The number of likely N-dealkylation sites (tertiary alicyclic amines) is 1. The number of nitrogens with one attached hydrogen (secondary N) is 1. The molecule has 2 aliphatic rings. The Morgan fingerprint density at radius 3 is 2.46 bits per heavy atom. The van der Waals surface area contributed by atoms with Gasteiger partial charge in [-0.2, -0.15) is 5.26 Å². The molecule has 1 unspecified atom stereocenters. The van der Waals surface area contributed by atoms with Gasteiger partial charge < -0.3 is 4.42 Å². The maximum Gasteiger partial charge on any atom is 0.237 e. The van der Waals surface area contributed by atoms with Crippen molar-refractivity contribution in [3.8, 4) is 39.2 Å². The molecular formula is C38H40N6O4S2. The van der Waals surface area contributed by atoms with Gasteiger partial charge in [0, 0.05) is 54.6 Å². The zero-order chi connectivity index (χ0) is 35.3. The van der Waals surface area contributed by atoms with Gasteiger partial charge in [0.1, 0.15) is 16.6 Å². The van der Waals surface area contributed by atoms with E-state index < -0.39 is 21.8 Å². The van der Waals surface area contributed by atoms with Crippen molar-refractivity contribution in [3.63, 3.8) is 0 Å². The molecule has 1 saturated heterocycles. The summed E-state index contributed by atoms with van der Waals surface area (Å²) in [5.41, 5.74) is 9.93. The first-order valence-corrected chi connectivity index (χ1v) is 19.6. The predicted octanol–water partition coefficient (Wildman–Crippen LogP) is 6.44. The average Bonchev–Trinajstić information content (AvgIpc) is 3.82. The number of oxazole rings is 1. The van der Waals surface area contributed by atoms with Crippen molar-refractivity contribution >= 4 is 38.4 Å². The zero-order valence-electron chi connectivity index (χ0n) is 28.9. The molecular weight excluding hydrogens is 669 g/mol. The molecule has 0 bridgehead atoms. The monoisotopic (exact) mass is 708 g/mol. The Hall–Kier alpha value is -4.41. The second-order valence-electron chi connectivity index (χ2n) is 13.7. The number of amides is 1. The number of carbonyl (C=O) groups excluding carboxylic acids is 1. The van der Waals surface area contributed by atoms with Crippen LogP contribution in [-0.2, 0) is 34.3 Å². The summed E-state index contributed by atoms with van der Waals surface area (Å²) in [5.74, 6) is -0.448. The third-order valence-corrected chi connectivity index (χ3v) is 11.6. The minimum absolute atomic E-state index is 0.391.